The van der Waals surface area contributed by atoms with E-state index in [2.05, 4.69) is 121 Å². The van der Waals surface area contributed by atoms with E-state index < -0.39 is 7.14 Å². The predicted octanol–water partition coefficient (Wildman–Crippen LogP) is 12.2. The van der Waals surface area contributed by atoms with Crippen LogP contribution in [0.4, 0.5) is 0 Å². The molecule has 5 heteroatoms. The van der Waals surface area contributed by atoms with Crippen molar-refractivity contribution in [1.82, 2.24) is 15.0 Å². The van der Waals surface area contributed by atoms with Crippen LogP contribution in [0.15, 0.2) is 158 Å². The summed E-state index contributed by atoms with van der Waals surface area (Å²) in [6.45, 7) is 3.70. The number of aromatic nitrogens is 3. The minimum absolute atomic E-state index is 0.0355. The molecule has 4 bridgehead atoms. The van der Waals surface area contributed by atoms with Gasteiger partial charge in [0.25, 0.3) is 0 Å². The zero-order valence-electron chi connectivity index (χ0n) is 32.1. The van der Waals surface area contributed by atoms with E-state index >= 15 is 0 Å². The van der Waals surface area contributed by atoms with Crippen LogP contribution < -0.4 is 5.30 Å². The maximum absolute atomic E-state index is 12.9. The highest BCUT2D eigenvalue weighted by molar-refractivity contribution is 7.70. The van der Waals surface area contributed by atoms with Gasteiger partial charge in [0.1, 0.15) is 7.14 Å². The molecule has 1 aromatic heterocycles. The maximum Gasteiger partial charge on any atom is 0.164 e. The largest absolute Gasteiger partial charge is 0.319 e. The predicted molar refractivity (Wildman–Crippen MR) is 230 cm³/mol. The van der Waals surface area contributed by atoms with E-state index in [-0.39, 0.29) is 5.41 Å². The highest BCUT2D eigenvalue weighted by Crippen LogP contribution is 2.65. The Bertz CT molecular complexity index is 2550. The van der Waals surface area contributed by atoms with Gasteiger partial charge in [-0.25, -0.2) is 15.0 Å². The van der Waals surface area contributed by atoms with Gasteiger partial charge in [0.15, 0.2) is 17.5 Å². The SMILES string of the molecule is CP(C)(=O)c1cccc(-c2ccc(C3(c4ccc(-c5nc(-c6ccccc6)nc(-c6cccc(-c7ccccc7)c6)n5)cc4)C4CC5CC(C4)CC3C5)cc2)c1. The number of nitrogens with zero attached hydrogens (tertiary/aromatic N) is 3. The van der Waals surface area contributed by atoms with Crippen LogP contribution >= 0.6 is 7.14 Å². The van der Waals surface area contributed by atoms with E-state index in [0.29, 0.717) is 29.3 Å². The van der Waals surface area contributed by atoms with Crippen molar-refractivity contribution in [1.29, 1.82) is 0 Å². The van der Waals surface area contributed by atoms with Crippen LogP contribution in [0.1, 0.15) is 43.2 Å². The second-order valence-corrected chi connectivity index (χ2v) is 20.1. The molecule has 11 rings (SSSR count). The van der Waals surface area contributed by atoms with Gasteiger partial charge in [0.05, 0.1) is 0 Å². The van der Waals surface area contributed by atoms with Gasteiger partial charge in [0, 0.05) is 27.4 Å². The standard InChI is InChI=1S/C51H46N3OP/c1-56(2,55)47-18-10-16-41(33-47)37-19-23-43(24-20-37)51(45-28-34-27-35(30-45)31-46(51)29-34)44-25-21-39(22-26-44)49-52-48(38-13-7-4-8-14-38)53-50(54-49)42-17-9-15-40(32-42)36-11-5-3-6-12-36/h3-26,32-35,45-46H,27-31H2,1-2H3. The maximum atomic E-state index is 12.9. The van der Waals surface area contributed by atoms with Crippen LogP contribution in [0.3, 0.4) is 0 Å². The summed E-state index contributed by atoms with van der Waals surface area (Å²) in [7, 11) is -2.35. The molecule has 6 aromatic carbocycles. The molecule has 56 heavy (non-hydrogen) atoms. The lowest BCUT2D eigenvalue weighted by Crippen LogP contribution is -2.56. The molecule has 1 heterocycles. The Morgan fingerprint density at radius 3 is 1.39 bits per heavy atom. The average molecular weight is 748 g/mol. The number of benzene rings is 6. The molecule has 4 aliphatic carbocycles. The molecule has 0 unspecified atom stereocenters. The monoisotopic (exact) mass is 747 g/mol. The third-order valence-corrected chi connectivity index (χ3v) is 14.6. The van der Waals surface area contributed by atoms with Gasteiger partial charge in [-0.3, -0.25) is 0 Å². The summed E-state index contributed by atoms with van der Waals surface area (Å²) in [6, 6.07) is 56.2. The molecule has 0 aliphatic heterocycles. The lowest BCUT2D eigenvalue weighted by molar-refractivity contribution is -0.0418. The molecule has 0 radical (unpaired) electrons. The smallest absolute Gasteiger partial charge is 0.164 e. The Balaban J connectivity index is 1.05. The van der Waals surface area contributed by atoms with Crippen molar-refractivity contribution in [3.8, 4) is 56.4 Å². The summed E-state index contributed by atoms with van der Waals surface area (Å²) in [6.07, 6.45) is 6.64. The normalized spacial score (nSPS) is 22.6. The minimum atomic E-state index is -2.35. The van der Waals surface area contributed by atoms with E-state index in [4.69, 9.17) is 15.0 Å². The molecule has 4 saturated carbocycles. The fraction of sp³-hybridized carbons (Fsp3) is 0.235. The first-order valence-corrected chi connectivity index (χ1v) is 22.8. The quantitative estimate of drug-likeness (QED) is 0.145. The Labute approximate surface area is 330 Å². The third kappa shape index (κ3) is 6.25. The van der Waals surface area contributed by atoms with Gasteiger partial charge >= 0.3 is 0 Å². The van der Waals surface area contributed by atoms with Crippen molar-refractivity contribution in [2.75, 3.05) is 13.3 Å². The van der Waals surface area contributed by atoms with Crippen LogP contribution in [-0.4, -0.2) is 28.3 Å². The molecule has 0 amide bonds. The molecule has 0 N–H and O–H groups in total. The summed E-state index contributed by atoms with van der Waals surface area (Å²) in [5.74, 6) is 4.96. The molecule has 4 nitrogen and oxygen atoms in total. The summed E-state index contributed by atoms with van der Waals surface area (Å²) in [5.41, 5.74) is 10.3. The second-order valence-electron chi connectivity index (χ2n) is 16.8. The first-order valence-electron chi connectivity index (χ1n) is 20.2. The van der Waals surface area contributed by atoms with E-state index in [1.807, 2.05) is 49.7 Å². The van der Waals surface area contributed by atoms with Gasteiger partial charge in [-0.1, -0.05) is 146 Å². The first-order chi connectivity index (χ1) is 27.3. The minimum Gasteiger partial charge on any atom is -0.319 e. The summed E-state index contributed by atoms with van der Waals surface area (Å²) in [4.78, 5) is 15.3. The van der Waals surface area contributed by atoms with Gasteiger partial charge in [-0.2, -0.15) is 0 Å². The lowest BCUT2D eigenvalue weighted by atomic mass is 9.42. The molecular weight excluding hydrogens is 702 g/mol. The van der Waals surface area contributed by atoms with E-state index in [0.717, 1.165) is 50.5 Å². The van der Waals surface area contributed by atoms with Gasteiger partial charge in [-0.15, -0.1) is 0 Å². The average Bonchev–Trinajstić information content (AvgIpc) is 3.24. The van der Waals surface area contributed by atoms with Crippen molar-refractivity contribution in [2.24, 2.45) is 23.7 Å². The fourth-order valence-corrected chi connectivity index (χ4v) is 11.6. The summed E-state index contributed by atoms with van der Waals surface area (Å²) < 4.78 is 12.9. The van der Waals surface area contributed by atoms with Gasteiger partial charge in [0.2, 0.25) is 0 Å². The summed E-state index contributed by atoms with van der Waals surface area (Å²) in [5, 5.41) is 0.929. The second kappa shape index (κ2) is 13.9. The summed E-state index contributed by atoms with van der Waals surface area (Å²) >= 11 is 0. The zero-order chi connectivity index (χ0) is 37.9. The number of hydrogen-bond acceptors (Lipinski definition) is 4. The van der Waals surface area contributed by atoms with Crippen molar-refractivity contribution >= 4 is 12.4 Å². The Hall–Kier alpha value is -5.44. The number of rotatable bonds is 8. The van der Waals surface area contributed by atoms with Crippen LogP contribution in [0.5, 0.6) is 0 Å². The van der Waals surface area contributed by atoms with Gasteiger partial charge < -0.3 is 4.57 Å². The molecular formula is C51H46N3OP. The van der Waals surface area contributed by atoms with Gasteiger partial charge in [-0.05, 0) is 115 Å². The Morgan fingerprint density at radius 2 is 0.839 bits per heavy atom. The first kappa shape index (κ1) is 35.0. The topological polar surface area (TPSA) is 55.7 Å². The highest BCUT2D eigenvalue weighted by Gasteiger charge is 2.58. The highest BCUT2D eigenvalue weighted by atomic mass is 31.2. The molecule has 0 saturated heterocycles. The van der Waals surface area contributed by atoms with Crippen LogP contribution in [0, 0.1) is 23.7 Å². The molecule has 276 valence electrons. The molecule has 7 aromatic rings. The van der Waals surface area contributed by atoms with Crippen molar-refractivity contribution in [2.45, 2.75) is 37.5 Å². The molecule has 4 aliphatic rings. The molecule has 4 fully saturated rings. The fourth-order valence-electron chi connectivity index (χ4n) is 10.7. The molecule has 0 atom stereocenters. The van der Waals surface area contributed by atoms with Crippen LogP contribution in [-0.2, 0) is 9.98 Å². The van der Waals surface area contributed by atoms with E-state index in [1.54, 1.807) is 0 Å². The Kier molecular flexibility index (Phi) is 8.71. The molecule has 0 spiro atoms. The van der Waals surface area contributed by atoms with Crippen LogP contribution in [0.2, 0.25) is 0 Å². The van der Waals surface area contributed by atoms with Crippen LogP contribution in [0.25, 0.3) is 56.4 Å². The van der Waals surface area contributed by atoms with Crippen molar-refractivity contribution < 1.29 is 4.57 Å². The van der Waals surface area contributed by atoms with Crippen molar-refractivity contribution in [3.05, 3.63) is 169 Å². The van der Waals surface area contributed by atoms with E-state index in [9.17, 15) is 4.57 Å². The van der Waals surface area contributed by atoms with Crippen molar-refractivity contribution in [3.63, 3.8) is 0 Å². The third-order valence-electron chi connectivity index (χ3n) is 13.1. The van der Waals surface area contributed by atoms with E-state index in [1.165, 1.54) is 48.8 Å². The zero-order valence-corrected chi connectivity index (χ0v) is 32.9. The lowest BCUT2D eigenvalue weighted by Gasteiger charge is -2.62. The number of hydrogen-bond donors (Lipinski definition) is 0. The Morgan fingerprint density at radius 1 is 0.429 bits per heavy atom.